The molecular weight excluding hydrogens is 306 g/mol. The molecule has 2 aromatic rings. The van der Waals surface area contributed by atoms with Gasteiger partial charge in [0.1, 0.15) is 18.1 Å². The van der Waals surface area contributed by atoms with Crippen LogP contribution in [-0.2, 0) is 15.0 Å². The first kappa shape index (κ1) is 16.6. The Labute approximate surface area is 131 Å². The van der Waals surface area contributed by atoms with Crippen molar-refractivity contribution in [1.29, 1.82) is 0 Å². The van der Waals surface area contributed by atoms with Crippen molar-refractivity contribution in [3.05, 3.63) is 47.2 Å². The van der Waals surface area contributed by atoms with Gasteiger partial charge in [0, 0.05) is 23.2 Å². The van der Waals surface area contributed by atoms with Crippen molar-refractivity contribution in [2.45, 2.75) is 25.7 Å². The molecule has 0 aliphatic rings. The van der Waals surface area contributed by atoms with Crippen molar-refractivity contribution >= 4 is 17.6 Å². The predicted octanol–water partition coefficient (Wildman–Crippen LogP) is 1.83. The van der Waals surface area contributed by atoms with Gasteiger partial charge in [-0.3, -0.25) is 14.7 Å². The van der Waals surface area contributed by atoms with Crippen LogP contribution in [0.1, 0.15) is 31.5 Å². The van der Waals surface area contributed by atoms with Crippen LogP contribution >= 0.6 is 0 Å². The summed E-state index contributed by atoms with van der Waals surface area (Å²) < 4.78 is 26.8. The molecule has 0 saturated heterocycles. The van der Waals surface area contributed by atoms with Gasteiger partial charge < -0.3 is 11.1 Å². The number of amides is 2. The summed E-state index contributed by atoms with van der Waals surface area (Å²) in [5.74, 6) is -2.51. The maximum atomic E-state index is 13.4. The fourth-order valence-corrected chi connectivity index (χ4v) is 2.12. The van der Waals surface area contributed by atoms with Crippen LogP contribution in [0.4, 0.5) is 14.6 Å². The Morgan fingerprint density at radius 3 is 2.39 bits per heavy atom. The van der Waals surface area contributed by atoms with Gasteiger partial charge in [0.2, 0.25) is 11.8 Å². The predicted molar refractivity (Wildman–Crippen MR) is 79.5 cm³/mol. The molecule has 8 heteroatoms. The van der Waals surface area contributed by atoms with E-state index >= 15 is 0 Å². The average Bonchev–Trinajstić information content (AvgIpc) is 2.85. The summed E-state index contributed by atoms with van der Waals surface area (Å²) in [5, 5.41) is 9.03. The molecule has 0 radical (unpaired) electrons. The van der Waals surface area contributed by atoms with Crippen LogP contribution in [0.25, 0.3) is 0 Å². The largest absolute Gasteiger partial charge is 0.369 e. The van der Waals surface area contributed by atoms with Gasteiger partial charge in [-0.2, -0.15) is 5.10 Å². The molecule has 122 valence electrons. The first-order valence-electron chi connectivity index (χ1n) is 6.79. The van der Waals surface area contributed by atoms with Gasteiger partial charge in [-0.05, 0) is 17.7 Å². The van der Waals surface area contributed by atoms with Gasteiger partial charge in [0.05, 0.1) is 0 Å². The number of anilines is 1. The van der Waals surface area contributed by atoms with Crippen molar-refractivity contribution in [3.8, 4) is 0 Å². The average molecular weight is 322 g/mol. The molecule has 0 bridgehead atoms. The van der Waals surface area contributed by atoms with Crippen LogP contribution in [-0.4, -0.2) is 22.0 Å². The van der Waals surface area contributed by atoms with Gasteiger partial charge in [0.15, 0.2) is 5.82 Å². The number of carbonyl (C=O) groups excluding carboxylic acids is 2. The maximum absolute atomic E-state index is 13.4. The monoisotopic (exact) mass is 322 g/mol. The molecule has 23 heavy (non-hydrogen) atoms. The van der Waals surface area contributed by atoms with E-state index in [0.717, 1.165) is 6.07 Å². The van der Waals surface area contributed by atoms with E-state index in [2.05, 4.69) is 15.5 Å². The molecular formula is C15H16F2N4O2. The van der Waals surface area contributed by atoms with E-state index in [1.54, 1.807) is 13.8 Å². The summed E-state index contributed by atoms with van der Waals surface area (Å²) in [4.78, 5) is 22.2. The third-order valence-electron chi connectivity index (χ3n) is 3.44. The molecule has 6 nitrogen and oxygen atoms in total. The Balaban J connectivity index is 2.24. The van der Waals surface area contributed by atoms with Gasteiger partial charge in [0.25, 0.3) is 0 Å². The molecule has 0 aliphatic heterocycles. The quantitative estimate of drug-likeness (QED) is 0.732. The van der Waals surface area contributed by atoms with E-state index < -0.39 is 35.3 Å². The van der Waals surface area contributed by atoms with Crippen molar-refractivity contribution < 1.29 is 18.4 Å². The molecule has 0 fully saturated rings. The first-order valence-corrected chi connectivity index (χ1v) is 6.79. The second kappa shape index (κ2) is 6.15. The molecule has 2 amide bonds. The van der Waals surface area contributed by atoms with E-state index in [9.17, 15) is 18.4 Å². The first-order chi connectivity index (χ1) is 10.7. The highest BCUT2D eigenvalue weighted by atomic mass is 19.1. The van der Waals surface area contributed by atoms with Crippen molar-refractivity contribution in [2.24, 2.45) is 5.73 Å². The van der Waals surface area contributed by atoms with Gasteiger partial charge in [-0.1, -0.05) is 13.8 Å². The molecule has 0 aliphatic carbocycles. The van der Waals surface area contributed by atoms with Crippen LogP contribution < -0.4 is 11.1 Å². The summed E-state index contributed by atoms with van der Waals surface area (Å²) in [6.45, 7) is 3.51. The zero-order valence-electron chi connectivity index (χ0n) is 12.6. The maximum Gasteiger partial charge on any atom is 0.235 e. The van der Waals surface area contributed by atoms with Gasteiger partial charge in [-0.15, -0.1) is 0 Å². The second-order valence-corrected chi connectivity index (χ2v) is 5.64. The highest BCUT2D eigenvalue weighted by molar-refractivity contribution is 6.02. The normalized spacial score (nSPS) is 11.3. The number of nitrogens with one attached hydrogen (secondary N) is 2. The molecule has 0 spiro atoms. The number of aromatic nitrogens is 2. The number of halogens is 2. The summed E-state index contributed by atoms with van der Waals surface area (Å²) in [5.41, 5.74) is 5.10. The van der Waals surface area contributed by atoms with Crippen LogP contribution in [0.15, 0.2) is 24.3 Å². The van der Waals surface area contributed by atoms with Gasteiger partial charge in [-0.25, -0.2) is 8.78 Å². The number of aromatic amines is 1. The minimum absolute atomic E-state index is 0.191. The van der Waals surface area contributed by atoms with Crippen molar-refractivity contribution in [3.63, 3.8) is 0 Å². The third kappa shape index (κ3) is 3.91. The Kier molecular flexibility index (Phi) is 4.44. The highest BCUT2D eigenvalue weighted by Crippen LogP contribution is 2.32. The summed E-state index contributed by atoms with van der Waals surface area (Å²) in [6.07, 6.45) is -0.458. The smallest absolute Gasteiger partial charge is 0.235 e. The molecule has 2 rings (SSSR count). The van der Waals surface area contributed by atoms with Crippen molar-refractivity contribution in [1.82, 2.24) is 10.2 Å². The standard InChI is InChI=1S/C15H16F2N4O2/c1-15(2,8-3-9(16)5-10(17)4-8)11-6-13(21-20-11)19-14(23)7-12(18)22/h3-6H,7H2,1-2H3,(H2,18,22)(H2,19,20,21,23). The minimum atomic E-state index is -0.775. The zero-order chi connectivity index (χ0) is 17.2. The van der Waals surface area contributed by atoms with E-state index in [1.807, 2.05) is 0 Å². The molecule has 1 aromatic carbocycles. The molecule has 0 atom stereocenters. The number of rotatable bonds is 5. The SMILES string of the molecule is CC(C)(c1cc(F)cc(F)c1)c1cc(NC(=O)CC(N)=O)n[nH]1. The topological polar surface area (TPSA) is 101 Å². The molecule has 0 saturated carbocycles. The van der Waals surface area contributed by atoms with Crippen LogP contribution in [0.2, 0.25) is 0 Å². The van der Waals surface area contributed by atoms with E-state index in [0.29, 0.717) is 11.3 Å². The number of H-pyrrole nitrogens is 1. The molecule has 0 unspecified atom stereocenters. The Hall–Kier alpha value is -2.77. The number of nitrogens with zero attached hydrogens (tertiary/aromatic N) is 1. The molecule has 4 N–H and O–H groups in total. The Morgan fingerprint density at radius 1 is 1.22 bits per heavy atom. The highest BCUT2D eigenvalue weighted by Gasteiger charge is 2.27. The summed E-state index contributed by atoms with van der Waals surface area (Å²) in [7, 11) is 0. The van der Waals surface area contributed by atoms with Crippen LogP contribution in [0, 0.1) is 11.6 Å². The van der Waals surface area contributed by atoms with Crippen LogP contribution in [0.5, 0.6) is 0 Å². The van der Waals surface area contributed by atoms with E-state index in [1.165, 1.54) is 18.2 Å². The molecule has 1 heterocycles. The summed E-state index contributed by atoms with van der Waals surface area (Å²) in [6, 6.07) is 4.79. The lowest BCUT2D eigenvalue weighted by Crippen LogP contribution is -2.21. The van der Waals surface area contributed by atoms with Crippen LogP contribution in [0.3, 0.4) is 0 Å². The summed E-state index contributed by atoms with van der Waals surface area (Å²) >= 11 is 0. The number of nitrogens with two attached hydrogens (primary N) is 1. The van der Waals surface area contributed by atoms with E-state index in [4.69, 9.17) is 5.73 Å². The second-order valence-electron chi connectivity index (χ2n) is 5.64. The fourth-order valence-electron chi connectivity index (χ4n) is 2.12. The van der Waals surface area contributed by atoms with Crippen molar-refractivity contribution in [2.75, 3.05) is 5.32 Å². The fraction of sp³-hybridized carbons (Fsp3) is 0.267. The number of hydrogen-bond acceptors (Lipinski definition) is 3. The Morgan fingerprint density at radius 2 is 1.83 bits per heavy atom. The lowest BCUT2D eigenvalue weighted by molar-refractivity contribution is -0.124. The third-order valence-corrected chi connectivity index (χ3v) is 3.44. The Bertz CT molecular complexity index is 735. The number of primary amides is 1. The van der Waals surface area contributed by atoms with E-state index in [-0.39, 0.29) is 5.82 Å². The number of carbonyl (C=O) groups is 2. The lowest BCUT2D eigenvalue weighted by atomic mass is 9.81. The number of benzene rings is 1. The zero-order valence-corrected chi connectivity index (χ0v) is 12.6. The lowest BCUT2D eigenvalue weighted by Gasteiger charge is -2.23. The number of hydrogen-bond donors (Lipinski definition) is 3. The molecule has 1 aromatic heterocycles. The minimum Gasteiger partial charge on any atom is -0.369 e. The van der Waals surface area contributed by atoms with Gasteiger partial charge >= 0.3 is 0 Å².